The van der Waals surface area contributed by atoms with Crippen molar-refractivity contribution in [1.82, 2.24) is 4.98 Å². The van der Waals surface area contributed by atoms with Gasteiger partial charge >= 0.3 is 5.97 Å². The molecule has 0 aliphatic heterocycles. The number of hydrogen-bond donors (Lipinski definition) is 3. The van der Waals surface area contributed by atoms with Crippen molar-refractivity contribution in [1.29, 1.82) is 0 Å². The van der Waals surface area contributed by atoms with Crippen molar-refractivity contribution in [2.75, 3.05) is 5.32 Å². The standard InChI is InChI=1S/C12H17N3O3/c1-3-7(2)10(13)11(16)15-8-4-5-9(12(17)18)14-6-8/h4-7,10H,3,13H2,1-2H3,(H,15,16)(H,17,18)/t7-,10-/m0/s1. The van der Waals surface area contributed by atoms with Crippen LogP contribution in [0, 0.1) is 5.92 Å². The maximum absolute atomic E-state index is 11.8. The van der Waals surface area contributed by atoms with E-state index in [-0.39, 0.29) is 17.5 Å². The van der Waals surface area contributed by atoms with Crippen LogP contribution in [-0.2, 0) is 4.79 Å². The van der Waals surface area contributed by atoms with E-state index in [1.165, 1.54) is 18.3 Å². The highest BCUT2D eigenvalue weighted by Crippen LogP contribution is 2.10. The first kappa shape index (κ1) is 14.1. The second kappa shape index (κ2) is 6.11. The summed E-state index contributed by atoms with van der Waals surface area (Å²) >= 11 is 0. The van der Waals surface area contributed by atoms with Gasteiger partial charge < -0.3 is 16.2 Å². The molecule has 6 nitrogen and oxygen atoms in total. The zero-order valence-corrected chi connectivity index (χ0v) is 10.4. The molecule has 0 aliphatic carbocycles. The van der Waals surface area contributed by atoms with Gasteiger partial charge in [0, 0.05) is 0 Å². The van der Waals surface area contributed by atoms with Gasteiger partial charge in [0.05, 0.1) is 17.9 Å². The SMILES string of the molecule is CC[C@H](C)[C@H](N)C(=O)Nc1ccc(C(=O)O)nc1. The lowest BCUT2D eigenvalue weighted by Crippen LogP contribution is -2.40. The molecule has 98 valence electrons. The topological polar surface area (TPSA) is 105 Å². The predicted molar refractivity (Wildman–Crippen MR) is 67.3 cm³/mol. The Balaban J connectivity index is 2.67. The van der Waals surface area contributed by atoms with Crippen LogP contribution < -0.4 is 11.1 Å². The van der Waals surface area contributed by atoms with Crippen LogP contribution in [0.5, 0.6) is 0 Å². The molecule has 2 atom stereocenters. The molecule has 4 N–H and O–H groups in total. The Hall–Kier alpha value is -1.95. The minimum Gasteiger partial charge on any atom is -0.477 e. The molecule has 1 amide bonds. The number of carbonyl (C=O) groups is 2. The van der Waals surface area contributed by atoms with E-state index < -0.39 is 12.0 Å². The van der Waals surface area contributed by atoms with Gasteiger partial charge in [0.25, 0.3) is 0 Å². The summed E-state index contributed by atoms with van der Waals surface area (Å²) in [6, 6.07) is 2.22. The minimum atomic E-state index is -1.11. The molecule has 0 fully saturated rings. The number of aromatic nitrogens is 1. The van der Waals surface area contributed by atoms with E-state index >= 15 is 0 Å². The predicted octanol–water partition coefficient (Wildman–Crippen LogP) is 1.09. The molecule has 1 aromatic heterocycles. The van der Waals surface area contributed by atoms with Gasteiger partial charge in [-0.3, -0.25) is 4.79 Å². The molecule has 0 unspecified atom stereocenters. The molecule has 1 heterocycles. The van der Waals surface area contributed by atoms with E-state index in [9.17, 15) is 9.59 Å². The van der Waals surface area contributed by atoms with Crippen LogP contribution in [0.2, 0.25) is 0 Å². The molecule has 0 saturated carbocycles. The van der Waals surface area contributed by atoms with Gasteiger partial charge in [-0.05, 0) is 18.1 Å². The van der Waals surface area contributed by atoms with Crippen LogP contribution in [0.4, 0.5) is 5.69 Å². The van der Waals surface area contributed by atoms with Gasteiger partial charge in [-0.2, -0.15) is 0 Å². The number of carboxylic acid groups (broad SMARTS) is 1. The quantitative estimate of drug-likeness (QED) is 0.726. The normalized spacial score (nSPS) is 13.7. The van der Waals surface area contributed by atoms with E-state index in [1.54, 1.807) is 0 Å². The van der Waals surface area contributed by atoms with Crippen molar-refractivity contribution < 1.29 is 14.7 Å². The summed E-state index contributed by atoms with van der Waals surface area (Å²) in [6.07, 6.45) is 2.11. The molecule has 0 radical (unpaired) electrons. The van der Waals surface area contributed by atoms with Crippen LogP contribution in [0.15, 0.2) is 18.3 Å². The van der Waals surface area contributed by atoms with Gasteiger partial charge in [0.2, 0.25) is 5.91 Å². The highest BCUT2D eigenvalue weighted by molar-refractivity contribution is 5.95. The van der Waals surface area contributed by atoms with Gasteiger partial charge in [-0.1, -0.05) is 20.3 Å². The van der Waals surface area contributed by atoms with Crippen molar-refractivity contribution in [3.8, 4) is 0 Å². The Labute approximate surface area is 105 Å². The van der Waals surface area contributed by atoms with Crippen LogP contribution in [0.25, 0.3) is 0 Å². The van der Waals surface area contributed by atoms with Crippen LogP contribution >= 0.6 is 0 Å². The number of carbonyl (C=O) groups excluding carboxylic acids is 1. The number of amides is 1. The number of rotatable bonds is 5. The third-order valence-electron chi connectivity index (χ3n) is 2.81. The molecule has 1 rings (SSSR count). The van der Waals surface area contributed by atoms with Crippen molar-refractivity contribution in [2.45, 2.75) is 26.3 Å². The van der Waals surface area contributed by atoms with Crippen LogP contribution in [-0.4, -0.2) is 28.0 Å². The zero-order valence-electron chi connectivity index (χ0n) is 10.4. The second-order valence-corrected chi connectivity index (χ2v) is 4.14. The summed E-state index contributed by atoms with van der Waals surface area (Å²) in [4.78, 5) is 26.1. The molecule has 18 heavy (non-hydrogen) atoms. The van der Waals surface area contributed by atoms with Gasteiger partial charge in [-0.15, -0.1) is 0 Å². The summed E-state index contributed by atoms with van der Waals surface area (Å²) < 4.78 is 0. The van der Waals surface area contributed by atoms with Gasteiger partial charge in [0.15, 0.2) is 0 Å². The smallest absolute Gasteiger partial charge is 0.354 e. The number of carboxylic acids is 1. The Bertz CT molecular complexity index is 431. The lowest BCUT2D eigenvalue weighted by Gasteiger charge is -2.17. The fourth-order valence-electron chi connectivity index (χ4n) is 1.33. The maximum Gasteiger partial charge on any atom is 0.354 e. The highest BCUT2D eigenvalue weighted by Gasteiger charge is 2.19. The Kier molecular flexibility index (Phi) is 4.79. The van der Waals surface area contributed by atoms with E-state index in [1.807, 2.05) is 13.8 Å². The monoisotopic (exact) mass is 251 g/mol. The van der Waals surface area contributed by atoms with E-state index in [2.05, 4.69) is 10.3 Å². The highest BCUT2D eigenvalue weighted by atomic mass is 16.4. The molecule has 0 aliphatic rings. The maximum atomic E-state index is 11.8. The Morgan fingerprint density at radius 2 is 2.17 bits per heavy atom. The first-order valence-corrected chi connectivity index (χ1v) is 5.71. The summed E-state index contributed by atoms with van der Waals surface area (Å²) in [7, 11) is 0. The first-order valence-electron chi connectivity index (χ1n) is 5.71. The zero-order chi connectivity index (χ0) is 13.7. The average Bonchev–Trinajstić information content (AvgIpc) is 2.37. The lowest BCUT2D eigenvalue weighted by molar-refractivity contribution is -0.118. The van der Waals surface area contributed by atoms with Crippen molar-refractivity contribution in [3.05, 3.63) is 24.0 Å². The average molecular weight is 251 g/mol. The van der Waals surface area contributed by atoms with E-state index in [0.29, 0.717) is 5.69 Å². The number of hydrogen-bond acceptors (Lipinski definition) is 4. The molecule has 0 bridgehead atoms. The Morgan fingerprint density at radius 1 is 1.50 bits per heavy atom. The number of pyridine rings is 1. The van der Waals surface area contributed by atoms with Crippen LogP contribution in [0.3, 0.4) is 0 Å². The molecule has 0 saturated heterocycles. The number of anilines is 1. The summed E-state index contributed by atoms with van der Waals surface area (Å²) in [5.41, 5.74) is 6.13. The fourth-order valence-corrected chi connectivity index (χ4v) is 1.33. The first-order chi connectivity index (χ1) is 8.45. The van der Waals surface area contributed by atoms with E-state index in [0.717, 1.165) is 6.42 Å². The molecular weight excluding hydrogens is 234 g/mol. The Morgan fingerprint density at radius 3 is 2.61 bits per heavy atom. The molecule has 6 heteroatoms. The number of nitrogens with one attached hydrogen (secondary N) is 1. The molecule has 0 aromatic carbocycles. The largest absolute Gasteiger partial charge is 0.477 e. The van der Waals surface area contributed by atoms with Crippen molar-refractivity contribution >= 4 is 17.6 Å². The van der Waals surface area contributed by atoms with E-state index in [4.69, 9.17) is 10.8 Å². The third-order valence-corrected chi connectivity index (χ3v) is 2.81. The molecule has 1 aromatic rings. The molecular formula is C12H17N3O3. The fraction of sp³-hybridized carbons (Fsp3) is 0.417. The van der Waals surface area contributed by atoms with Crippen molar-refractivity contribution in [3.63, 3.8) is 0 Å². The summed E-state index contributed by atoms with van der Waals surface area (Å²) in [5.74, 6) is -1.32. The summed E-state index contributed by atoms with van der Waals surface area (Å²) in [5, 5.41) is 11.3. The van der Waals surface area contributed by atoms with Crippen LogP contribution in [0.1, 0.15) is 30.8 Å². The lowest BCUT2D eigenvalue weighted by atomic mass is 9.99. The number of aromatic carboxylic acids is 1. The van der Waals surface area contributed by atoms with Gasteiger partial charge in [-0.25, -0.2) is 9.78 Å². The van der Waals surface area contributed by atoms with Crippen molar-refractivity contribution in [2.24, 2.45) is 11.7 Å². The minimum absolute atomic E-state index is 0.0702. The third kappa shape index (κ3) is 3.53. The van der Waals surface area contributed by atoms with Gasteiger partial charge in [0.1, 0.15) is 5.69 Å². The second-order valence-electron chi connectivity index (χ2n) is 4.14. The molecule has 0 spiro atoms. The number of nitrogens with zero attached hydrogens (tertiary/aromatic N) is 1. The summed E-state index contributed by atoms with van der Waals surface area (Å²) in [6.45, 7) is 3.86. The number of nitrogens with two attached hydrogens (primary N) is 1.